The van der Waals surface area contributed by atoms with E-state index in [1.54, 1.807) is 0 Å². The predicted molar refractivity (Wildman–Crippen MR) is 102 cm³/mol. The Morgan fingerprint density at radius 2 is 1.78 bits per heavy atom. The molecule has 1 aromatic carbocycles. The summed E-state index contributed by atoms with van der Waals surface area (Å²) in [6.45, 7) is 5.64. The van der Waals surface area contributed by atoms with E-state index in [4.69, 9.17) is 4.74 Å². The van der Waals surface area contributed by atoms with Crippen molar-refractivity contribution in [2.24, 2.45) is 0 Å². The van der Waals surface area contributed by atoms with Gasteiger partial charge in [0.05, 0.1) is 31.6 Å². The number of hydrogen-bond acceptors (Lipinski definition) is 4. The second-order valence-corrected chi connectivity index (χ2v) is 7.15. The topological polar surface area (TPSA) is 61.9 Å². The van der Waals surface area contributed by atoms with E-state index in [9.17, 15) is 4.79 Å². The van der Waals surface area contributed by atoms with Gasteiger partial charge in [0.15, 0.2) is 0 Å². The number of carbonyl (C=O) groups excluding carboxylic acids is 1. The molecule has 6 nitrogen and oxygen atoms in total. The van der Waals surface area contributed by atoms with Crippen LogP contribution in [0.1, 0.15) is 58.4 Å². The van der Waals surface area contributed by atoms with Crippen molar-refractivity contribution in [3.8, 4) is 0 Å². The molecular weight excluding hydrogens is 340 g/mol. The first kappa shape index (κ1) is 17.5. The molecule has 0 radical (unpaired) electrons. The highest BCUT2D eigenvalue weighted by Gasteiger charge is 2.32. The molecule has 0 spiro atoms. The lowest BCUT2D eigenvalue weighted by Crippen LogP contribution is -2.06. The van der Waals surface area contributed by atoms with Crippen LogP contribution in [0.4, 0.5) is 0 Å². The SMILES string of the molecule is CCOC(=O)c1cn(Cc2ccc(Cn3cc(C)cn3)cc2)nc1C1CC1. The molecule has 0 unspecified atom stereocenters. The van der Waals surface area contributed by atoms with Gasteiger partial charge in [-0.1, -0.05) is 24.3 Å². The smallest absolute Gasteiger partial charge is 0.341 e. The first-order valence-electron chi connectivity index (χ1n) is 9.43. The standard InChI is InChI=1S/C21H24N4O2/c1-3-27-21(26)19-14-25(23-20(19)18-8-9-18)13-17-6-4-16(5-7-17)12-24-11-15(2)10-22-24/h4-7,10-11,14,18H,3,8-9,12-13H2,1-2H3. The number of hydrogen-bond donors (Lipinski definition) is 0. The van der Waals surface area contributed by atoms with Crippen molar-refractivity contribution in [3.63, 3.8) is 0 Å². The summed E-state index contributed by atoms with van der Waals surface area (Å²) in [6, 6.07) is 8.44. The van der Waals surface area contributed by atoms with Gasteiger partial charge < -0.3 is 4.74 Å². The second kappa shape index (κ2) is 7.39. The van der Waals surface area contributed by atoms with Crippen LogP contribution in [-0.2, 0) is 17.8 Å². The molecule has 0 atom stereocenters. The maximum absolute atomic E-state index is 12.2. The van der Waals surface area contributed by atoms with Crippen molar-refractivity contribution < 1.29 is 9.53 Å². The average molecular weight is 364 g/mol. The van der Waals surface area contributed by atoms with Gasteiger partial charge in [-0.3, -0.25) is 9.36 Å². The average Bonchev–Trinajstić information content (AvgIpc) is 3.29. The van der Waals surface area contributed by atoms with Crippen molar-refractivity contribution >= 4 is 5.97 Å². The first-order valence-corrected chi connectivity index (χ1v) is 9.43. The van der Waals surface area contributed by atoms with Gasteiger partial charge in [0.25, 0.3) is 0 Å². The van der Waals surface area contributed by atoms with Gasteiger partial charge in [0.1, 0.15) is 5.56 Å². The number of rotatable bonds is 7. The summed E-state index contributed by atoms with van der Waals surface area (Å²) in [7, 11) is 0. The van der Waals surface area contributed by atoms with Crippen molar-refractivity contribution in [1.29, 1.82) is 0 Å². The van der Waals surface area contributed by atoms with Gasteiger partial charge in [0, 0.05) is 18.3 Å². The lowest BCUT2D eigenvalue weighted by Gasteiger charge is -2.05. The molecule has 140 valence electrons. The van der Waals surface area contributed by atoms with E-state index >= 15 is 0 Å². The molecule has 3 aromatic rings. The van der Waals surface area contributed by atoms with E-state index in [2.05, 4.69) is 34.5 Å². The summed E-state index contributed by atoms with van der Waals surface area (Å²) < 4.78 is 8.97. The largest absolute Gasteiger partial charge is 0.462 e. The minimum absolute atomic E-state index is 0.268. The summed E-state index contributed by atoms with van der Waals surface area (Å²) in [5, 5.41) is 8.99. The van der Waals surface area contributed by atoms with Gasteiger partial charge in [0.2, 0.25) is 0 Å². The molecule has 0 saturated heterocycles. The van der Waals surface area contributed by atoms with Crippen molar-refractivity contribution in [1.82, 2.24) is 19.6 Å². The molecule has 6 heteroatoms. The Bertz CT molecular complexity index is 936. The van der Waals surface area contributed by atoms with E-state index in [1.807, 2.05) is 41.8 Å². The number of carbonyl (C=O) groups is 1. The molecule has 0 bridgehead atoms. The zero-order valence-corrected chi connectivity index (χ0v) is 15.8. The van der Waals surface area contributed by atoms with Gasteiger partial charge >= 0.3 is 5.97 Å². The number of ether oxygens (including phenoxy) is 1. The summed E-state index contributed by atoms with van der Waals surface area (Å²) >= 11 is 0. The summed E-state index contributed by atoms with van der Waals surface area (Å²) in [6.07, 6.45) is 7.93. The Morgan fingerprint density at radius 1 is 1.11 bits per heavy atom. The van der Waals surface area contributed by atoms with E-state index in [0.717, 1.165) is 36.2 Å². The Balaban J connectivity index is 1.47. The molecule has 2 aromatic heterocycles. The van der Waals surface area contributed by atoms with E-state index in [-0.39, 0.29) is 5.97 Å². The normalized spacial score (nSPS) is 13.7. The monoisotopic (exact) mass is 364 g/mol. The van der Waals surface area contributed by atoms with Crippen LogP contribution in [0.15, 0.2) is 42.9 Å². The van der Waals surface area contributed by atoms with Crippen LogP contribution < -0.4 is 0 Å². The van der Waals surface area contributed by atoms with Gasteiger partial charge in [-0.15, -0.1) is 0 Å². The van der Waals surface area contributed by atoms with E-state index < -0.39 is 0 Å². The van der Waals surface area contributed by atoms with E-state index in [1.165, 1.54) is 5.56 Å². The Morgan fingerprint density at radius 3 is 2.33 bits per heavy atom. The molecule has 1 aliphatic carbocycles. The molecule has 4 rings (SSSR count). The van der Waals surface area contributed by atoms with Crippen LogP contribution in [0.25, 0.3) is 0 Å². The van der Waals surface area contributed by atoms with Gasteiger partial charge in [-0.25, -0.2) is 4.79 Å². The lowest BCUT2D eigenvalue weighted by molar-refractivity contribution is 0.0525. The van der Waals surface area contributed by atoms with Crippen LogP contribution >= 0.6 is 0 Å². The van der Waals surface area contributed by atoms with E-state index in [0.29, 0.717) is 24.6 Å². The van der Waals surface area contributed by atoms with Crippen LogP contribution in [0, 0.1) is 6.92 Å². The third-order valence-electron chi connectivity index (χ3n) is 4.72. The Hall–Kier alpha value is -2.89. The highest BCUT2D eigenvalue weighted by atomic mass is 16.5. The van der Waals surface area contributed by atoms with Crippen LogP contribution in [0.2, 0.25) is 0 Å². The third kappa shape index (κ3) is 4.10. The van der Waals surface area contributed by atoms with Gasteiger partial charge in [-0.2, -0.15) is 10.2 Å². The number of aryl methyl sites for hydroxylation is 1. The zero-order valence-electron chi connectivity index (χ0n) is 15.8. The van der Waals surface area contributed by atoms with Crippen LogP contribution in [-0.4, -0.2) is 32.1 Å². The molecule has 0 aliphatic heterocycles. The Labute approximate surface area is 158 Å². The maximum Gasteiger partial charge on any atom is 0.341 e. The molecule has 1 aliphatic rings. The highest BCUT2D eigenvalue weighted by molar-refractivity contribution is 5.90. The molecule has 0 amide bonds. The molecule has 27 heavy (non-hydrogen) atoms. The number of esters is 1. The minimum Gasteiger partial charge on any atom is -0.462 e. The van der Waals surface area contributed by atoms with Crippen LogP contribution in [0.5, 0.6) is 0 Å². The molecule has 0 N–H and O–H groups in total. The quantitative estimate of drug-likeness (QED) is 0.602. The summed E-state index contributed by atoms with van der Waals surface area (Å²) in [5.41, 5.74) is 5.02. The molecule has 1 saturated carbocycles. The lowest BCUT2D eigenvalue weighted by atomic mass is 10.1. The second-order valence-electron chi connectivity index (χ2n) is 7.15. The number of nitrogens with zero attached hydrogens (tertiary/aromatic N) is 4. The minimum atomic E-state index is -0.268. The summed E-state index contributed by atoms with van der Waals surface area (Å²) in [4.78, 5) is 12.2. The number of aromatic nitrogens is 4. The van der Waals surface area contributed by atoms with Crippen LogP contribution in [0.3, 0.4) is 0 Å². The predicted octanol–water partition coefficient (Wildman–Crippen LogP) is 3.54. The third-order valence-corrected chi connectivity index (χ3v) is 4.72. The molecule has 2 heterocycles. The fourth-order valence-electron chi connectivity index (χ4n) is 3.22. The molecular formula is C21H24N4O2. The zero-order chi connectivity index (χ0) is 18.8. The summed E-state index contributed by atoms with van der Waals surface area (Å²) in [5.74, 6) is 0.140. The molecule has 1 fully saturated rings. The fourth-order valence-corrected chi connectivity index (χ4v) is 3.22. The highest BCUT2D eigenvalue weighted by Crippen LogP contribution is 2.41. The van der Waals surface area contributed by atoms with Crippen molar-refractivity contribution in [2.45, 2.75) is 45.7 Å². The fraction of sp³-hybridized carbons (Fsp3) is 0.381. The maximum atomic E-state index is 12.2. The number of benzene rings is 1. The first-order chi connectivity index (χ1) is 13.1. The van der Waals surface area contributed by atoms with Crippen molar-refractivity contribution in [2.75, 3.05) is 6.61 Å². The van der Waals surface area contributed by atoms with Crippen molar-refractivity contribution in [3.05, 3.63) is 70.8 Å². The Kier molecular flexibility index (Phi) is 4.79. The van der Waals surface area contributed by atoms with Gasteiger partial charge in [-0.05, 0) is 43.4 Å².